The Morgan fingerprint density at radius 3 is 2.88 bits per heavy atom. The van der Waals surface area contributed by atoms with Gasteiger partial charge in [-0.3, -0.25) is 4.90 Å². The molecule has 3 aliphatic rings. The molecule has 0 unspecified atom stereocenters. The average molecular weight is 434 g/mol. The summed E-state index contributed by atoms with van der Waals surface area (Å²) in [5.41, 5.74) is 12.7. The lowest BCUT2D eigenvalue weighted by Gasteiger charge is -2.33. The van der Waals surface area contributed by atoms with E-state index in [2.05, 4.69) is 46.5 Å². The van der Waals surface area contributed by atoms with E-state index in [-0.39, 0.29) is 0 Å². The van der Waals surface area contributed by atoms with Crippen molar-refractivity contribution in [2.24, 2.45) is 5.92 Å². The number of nitrogens with zero attached hydrogens (tertiary/aromatic N) is 4. The molecule has 170 valence electrons. The van der Waals surface area contributed by atoms with E-state index in [1.165, 1.54) is 42.6 Å². The molecule has 5 rings (SSSR count). The van der Waals surface area contributed by atoms with Crippen molar-refractivity contribution in [2.45, 2.75) is 58.5 Å². The number of aromatic nitrogens is 2. The molecule has 1 fully saturated rings. The van der Waals surface area contributed by atoms with Gasteiger partial charge in [-0.2, -0.15) is 9.97 Å². The summed E-state index contributed by atoms with van der Waals surface area (Å²) < 4.78 is 5.78. The van der Waals surface area contributed by atoms with Crippen LogP contribution in [0.25, 0.3) is 0 Å². The number of unbranched alkanes of at least 4 members (excludes halogenated alkanes) is 1. The van der Waals surface area contributed by atoms with Crippen molar-refractivity contribution in [3.8, 4) is 6.01 Å². The van der Waals surface area contributed by atoms with Gasteiger partial charge in [-0.15, -0.1) is 0 Å². The lowest BCUT2D eigenvalue weighted by atomic mass is 9.96. The maximum absolute atomic E-state index is 6.31. The van der Waals surface area contributed by atoms with Crippen LogP contribution in [0.15, 0.2) is 30.4 Å². The summed E-state index contributed by atoms with van der Waals surface area (Å²) in [6, 6.07) is 7.38. The van der Waals surface area contributed by atoms with E-state index < -0.39 is 0 Å². The van der Waals surface area contributed by atoms with Gasteiger partial charge in [0.15, 0.2) is 0 Å². The number of hydrogen-bond acceptors (Lipinski definition) is 6. The van der Waals surface area contributed by atoms with Crippen molar-refractivity contribution >= 4 is 11.6 Å². The third-order valence-corrected chi connectivity index (χ3v) is 6.82. The van der Waals surface area contributed by atoms with E-state index >= 15 is 0 Å². The van der Waals surface area contributed by atoms with Crippen LogP contribution in [0.2, 0.25) is 0 Å². The van der Waals surface area contributed by atoms with E-state index in [0.717, 1.165) is 68.2 Å². The molecule has 0 atom stereocenters. The van der Waals surface area contributed by atoms with Gasteiger partial charge in [0, 0.05) is 44.7 Å². The van der Waals surface area contributed by atoms with Crippen LogP contribution in [0.1, 0.15) is 54.9 Å². The normalized spacial score (nSPS) is 18.4. The van der Waals surface area contributed by atoms with Crippen LogP contribution in [0.4, 0.5) is 11.6 Å². The zero-order valence-electron chi connectivity index (χ0n) is 19.3. The minimum absolute atomic E-state index is 0.383. The Morgan fingerprint density at radius 1 is 1.19 bits per heavy atom. The maximum atomic E-state index is 6.31. The first kappa shape index (κ1) is 21.3. The number of fused-ring (bicyclic) bond motifs is 2. The molecule has 32 heavy (non-hydrogen) atoms. The minimum atomic E-state index is 0.383. The van der Waals surface area contributed by atoms with Crippen molar-refractivity contribution < 1.29 is 4.74 Å². The number of hydrogen-bond donors (Lipinski definition) is 1. The summed E-state index contributed by atoms with van der Waals surface area (Å²) in [6.07, 6.45) is 6.77. The van der Waals surface area contributed by atoms with E-state index in [0.29, 0.717) is 18.4 Å². The number of anilines is 2. The van der Waals surface area contributed by atoms with Crippen LogP contribution < -0.4 is 15.4 Å². The number of benzene rings is 1. The van der Waals surface area contributed by atoms with Crippen LogP contribution >= 0.6 is 0 Å². The first-order valence-electron chi connectivity index (χ1n) is 12.1. The second-order valence-corrected chi connectivity index (χ2v) is 9.71. The molecule has 0 amide bonds. The van der Waals surface area contributed by atoms with Gasteiger partial charge in [0.25, 0.3) is 0 Å². The largest absolute Gasteiger partial charge is 0.463 e. The summed E-state index contributed by atoms with van der Waals surface area (Å²) in [5.74, 6) is 2.34. The zero-order valence-corrected chi connectivity index (χ0v) is 19.3. The second-order valence-electron chi connectivity index (χ2n) is 9.71. The van der Waals surface area contributed by atoms with Gasteiger partial charge < -0.3 is 15.4 Å². The van der Waals surface area contributed by atoms with Gasteiger partial charge in [0.1, 0.15) is 11.6 Å². The lowest BCUT2D eigenvalue weighted by molar-refractivity contribution is 0.244. The van der Waals surface area contributed by atoms with E-state index in [9.17, 15) is 0 Å². The topological polar surface area (TPSA) is 67.5 Å². The van der Waals surface area contributed by atoms with Crippen LogP contribution in [0.5, 0.6) is 6.01 Å². The first-order valence-corrected chi connectivity index (χ1v) is 12.1. The Hall–Kier alpha value is -2.60. The van der Waals surface area contributed by atoms with Crippen molar-refractivity contribution in [3.63, 3.8) is 0 Å². The maximum Gasteiger partial charge on any atom is 0.320 e. The van der Waals surface area contributed by atoms with E-state index in [4.69, 9.17) is 15.5 Å². The lowest BCUT2D eigenvalue weighted by Crippen LogP contribution is -2.33. The highest BCUT2D eigenvalue weighted by atomic mass is 16.5. The van der Waals surface area contributed by atoms with Crippen molar-refractivity contribution in [2.75, 3.05) is 36.9 Å². The predicted molar refractivity (Wildman–Crippen MR) is 129 cm³/mol. The van der Waals surface area contributed by atoms with Gasteiger partial charge in [0.2, 0.25) is 0 Å². The second kappa shape index (κ2) is 9.10. The molecule has 2 aliphatic heterocycles. The molecule has 1 aliphatic carbocycles. The van der Waals surface area contributed by atoms with Crippen molar-refractivity contribution in [1.29, 1.82) is 0 Å². The van der Waals surface area contributed by atoms with Gasteiger partial charge in [-0.25, -0.2) is 0 Å². The fraction of sp³-hybridized carbons (Fsp3) is 0.538. The Balaban J connectivity index is 1.36. The van der Waals surface area contributed by atoms with E-state index in [1.54, 1.807) is 0 Å². The standard InChI is InChI=1S/C26H35N5O/c1-3-4-11-32-26-28-24(27)23-12-18(2)14-31(25(23)29-26)16-20-7-8-21-9-10-30(15-19-5-6-19)17-22(21)13-20/h7-8,13,19H,2-6,9-12,14-17H2,1H3,(H2,27,28,29). The third kappa shape index (κ3) is 4.75. The molecule has 0 radical (unpaired) electrons. The summed E-state index contributed by atoms with van der Waals surface area (Å²) in [5, 5.41) is 0. The Labute approximate surface area is 191 Å². The van der Waals surface area contributed by atoms with Crippen LogP contribution in [0, 0.1) is 5.92 Å². The number of nitrogens with two attached hydrogens (primary N) is 1. The van der Waals surface area contributed by atoms with Gasteiger partial charge in [-0.1, -0.05) is 43.7 Å². The predicted octanol–water partition coefficient (Wildman–Crippen LogP) is 4.12. The molecule has 3 heterocycles. The zero-order chi connectivity index (χ0) is 22.1. The highest BCUT2D eigenvalue weighted by molar-refractivity contribution is 5.62. The Morgan fingerprint density at radius 2 is 2.06 bits per heavy atom. The fourth-order valence-corrected chi connectivity index (χ4v) is 4.86. The molecule has 0 spiro atoms. The van der Waals surface area contributed by atoms with Gasteiger partial charge in [-0.05, 0) is 48.3 Å². The number of ether oxygens (including phenoxy) is 1. The molecule has 1 aromatic carbocycles. The Kier molecular flexibility index (Phi) is 6.05. The van der Waals surface area contributed by atoms with Crippen LogP contribution in [0.3, 0.4) is 0 Å². The third-order valence-electron chi connectivity index (χ3n) is 6.82. The molecule has 6 nitrogen and oxygen atoms in total. The smallest absolute Gasteiger partial charge is 0.320 e. The number of rotatable bonds is 8. The molecule has 1 saturated carbocycles. The molecular formula is C26H35N5O. The monoisotopic (exact) mass is 433 g/mol. The van der Waals surface area contributed by atoms with Crippen molar-refractivity contribution in [1.82, 2.24) is 14.9 Å². The molecule has 1 aromatic heterocycles. The fourth-order valence-electron chi connectivity index (χ4n) is 4.86. The highest BCUT2D eigenvalue weighted by Gasteiger charge is 2.27. The van der Waals surface area contributed by atoms with Crippen LogP contribution in [-0.2, 0) is 25.9 Å². The molecule has 6 heteroatoms. The van der Waals surface area contributed by atoms with Gasteiger partial charge >= 0.3 is 6.01 Å². The highest BCUT2D eigenvalue weighted by Crippen LogP contribution is 2.34. The first-order chi connectivity index (χ1) is 15.6. The van der Waals surface area contributed by atoms with Crippen LogP contribution in [-0.4, -0.2) is 41.1 Å². The van der Waals surface area contributed by atoms with Crippen molar-refractivity contribution in [3.05, 3.63) is 52.6 Å². The number of nitrogen functional groups attached to an aromatic ring is 1. The summed E-state index contributed by atoms with van der Waals surface area (Å²) in [4.78, 5) is 14.1. The summed E-state index contributed by atoms with van der Waals surface area (Å²) >= 11 is 0. The summed E-state index contributed by atoms with van der Waals surface area (Å²) in [6.45, 7) is 12.1. The SMILES string of the molecule is C=C1Cc2c(N)nc(OCCCC)nc2N(Cc2ccc3c(c2)CN(CC2CC2)CC3)C1. The summed E-state index contributed by atoms with van der Waals surface area (Å²) in [7, 11) is 0. The molecule has 0 bridgehead atoms. The average Bonchev–Trinajstić information content (AvgIpc) is 3.58. The molecule has 2 aromatic rings. The molecule has 2 N–H and O–H groups in total. The Bertz CT molecular complexity index is 1000. The minimum Gasteiger partial charge on any atom is -0.463 e. The van der Waals surface area contributed by atoms with E-state index in [1.807, 2.05) is 0 Å². The quantitative estimate of drug-likeness (QED) is 0.499. The molecule has 0 saturated heterocycles. The van der Waals surface area contributed by atoms with Gasteiger partial charge in [0.05, 0.1) is 6.61 Å². The molecular weight excluding hydrogens is 398 g/mol.